The van der Waals surface area contributed by atoms with Crippen molar-refractivity contribution in [3.05, 3.63) is 59.7 Å². The molecule has 1 unspecified atom stereocenters. The number of aryl methyl sites for hydroxylation is 1. The molecule has 5 nitrogen and oxygen atoms in total. The lowest BCUT2D eigenvalue weighted by atomic mass is 10.0. The fourth-order valence-corrected chi connectivity index (χ4v) is 3.35. The maximum Gasteiger partial charge on any atom is 0.193 e. The summed E-state index contributed by atoms with van der Waals surface area (Å²) in [5, 5.41) is 3.15. The zero-order valence-electron chi connectivity index (χ0n) is 16.0. The number of nitrogens with one attached hydrogen (secondary N) is 1. The van der Waals surface area contributed by atoms with Crippen molar-refractivity contribution in [2.45, 2.75) is 25.8 Å². The first-order valence-electron chi connectivity index (χ1n) is 9.17. The van der Waals surface area contributed by atoms with Gasteiger partial charge in [0.25, 0.3) is 0 Å². The molecular formula is C21H29IN4O. The van der Waals surface area contributed by atoms with Crippen molar-refractivity contribution in [2.24, 2.45) is 10.7 Å². The molecule has 3 rings (SSSR count). The Kier molecular flexibility index (Phi) is 8.37. The molecule has 1 saturated heterocycles. The number of guanidine groups is 1. The summed E-state index contributed by atoms with van der Waals surface area (Å²) in [4.78, 5) is 7.13. The van der Waals surface area contributed by atoms with Crippen LogP contribution in [0.2, 0.25) is 0 Å². The highest BCUT2D eigenvalue weighted by Gasteiger charge is 2.23. The number of aliphatic imine (C=N–C) groups is 1. The number of hydrogen-bond acceptors (Lipinski definition) is 3. The van der Waals surface area contributed by atoms with Crippen molar-refractivity contribution in [2.75, 3.05) is 32.1 Å². The molecule has 1 fully saturated rings. The third-order valence-electron chi connectivity index (χ3n) is 4.82. The highest BCUT2D eigenvalue weighted by molar-refractivity contribution is 14.0. The fourth-order valence-electron chi connectivity index (χ4n) is 3.35. The van der Waals surface area contributed by atoms with Crippen molar-refractivity contribution in [3.8, 4) is 5.75 Å². The molecule has 27 heavy (non-hydrogen) atoms. The number of rotatable bonds is 6. The summed E-state index contributed by atoms with van der Waals surface area (Å²) >= 11 is 0. The zero-order valence-corrected chi connectivity index (χ0v) is 18.4. The molecule has 3 N–H and O–H groups in total. The molecule has 0 bridgehead atoms. The van der Waals surface area contributed by atoms with Crippen LogP contribution in [0.3, 0.4) is 0 Å². The van der Waals surface area contributed by atoms with Gasteiger partial charge in [-0.05, 0) is 50.6 Å². The predicted octanol–water partition coefficient (Wildman–Crippen LogP) is 4.19. The average Bonchev–Trinajstić information content (AvgIpc) is 3.18. The molecule has 0 amide bonds. The van der Waals surface area contributed by atoms with Gasteiger partial charge in [0.05, 0.1) is 19.7 Å². The average molecular weight is 480 g/mol. The van der Waals surface area contributed by atoms with Gasteiger partial charge in [0, 0.05) is 11.8 Å². The Morgan fingerprint density at radius 1 is 1.19 bits per heavy atom. The normalized spacial score (nSPS) is 15.9. The van der Waals surface area contributed by atoms with Crippen molar-refractivity contribution < 1.29 is 4.74 Å². The van der Waals surface area contributed by atoms with Crippen molar-refractivity contribution in [3.63, 3.8) is 0 Å². The number of halogens is 1. The number of nitrogens with zero attached hydrogens (tertiary/aromatic N) is 2. The van der Waals surface area contributed by atoms with E-state index < -0.39 is 0 Å². The van der Waals surface area contributed by atoms with Crippen LogP contribution in [0.15, 0.2) is 53.5 Å². The summed E-state index contributed by atoms with van der Waals surface area (Å²) in [7, 11) is 1.65. The van der Waals surface area contributed by atoms with E-state index in [4.69, 9.17) is 10.5 Å². The summed E-state index contributed by atoms with van der Waals surface area (Å²) in [6.07, 6.45) is 2.51. The standard InChI is InChI=1S/C21H28N4O.HI/c1-16-8-10-17(11-9-16)20(25-12-3-4-13-25)15-23-21(22)24-18-6-5-7-19(14-18)26-2;/h5-11,14,20H,3-4,12-13,15H2,1-2H3,(H3,22,23,24);1H. The van der Waals surface area contributed by atoms with Crippen LogP contribution < -0.4 is 15.8 Å². The predicted molar refractivity (Wildman–Crippen MR) is 123 cm³/mol. The Bertz CT molecular complexity index is 742. The maximum absolute atomic E-state index is 6.13. The molecule has 0 saturated carbocycles. The minimum absolute atomic E-state index is 0. The summed E-state index contributed by atoms with van der Waals surface area (Å²) < 4.78 is 5.24. The van der Waals surface area contributed by atoms with Gasteiger partial charge in [0.15, 0.2) is 5.96 Å². The largest absolute Gasteiger partial charge is 0.497 e. The molecule has 2 aromatic carbocycles. The van der Waals surface area contributed by atoms with Gasteiger partial charge in [0.2, 0.25) is 0 Å². The van der Waals surface area contributed by atoms with Crippen LogP contribution >= 0.6 is 24.0 Å². The topological polar surface area (TPSA) is 62.9 Å². The van der Waals surface area contributed by atoms with E-state index in [1.165, 1.54) is 24.0 Å². The van der Waals surface area contributed by atoms with E-state index in [9.17, 15) is 0 Å². The Hall–Kier alpha value is -1.80. The van der Waals surface area contributed by atoms with Gasteiger partial charge in [0.1, 0.15) is 5.75 Å². The zero-order chi connectivity index (χ0) is 18.4. The molecular weight excluding hydrogens is 451 g/mol. The van der Waals surface area contributed by atoms with Crippen molar-refractivity contribution in [1.29, 1.82) is 0 Å². The molecule has 2 aromatic rings. The number of methoxy groups -OCH3 is 1. The van der Waals surface area contributed by atoms with Crippen LogP contribution in [0.4, 0.5) is 5.69 Å². The number of anilines is 1. The van der Waals surface area contributed by atoms with Crippen LogP contribution in [-0.4, -0.2) is 37.6 Å². The van der Waals surface area contributed by atoms with Crippen LogP contribution in [0.25, 0.3) is 0 Å². The summed E-state index contributed by atoms with van der Waals surface area (Å²) in [6.45, 7) is 5.00. The maximum atomic E-state index is 6.13. The number of hydrogen-bond donors (Lipinski definition) is 2. The molecule has 0 aromatic heterocycles. The summed E-state index contributed by atoms with van der Waals surface area (Å²) in [5.41, 5.74) is 9.58. The van der Waals surface area contributed by atoms with E-state index in [2.05, 4.69) is 46.4 Å². The van der Waals surface area contributed by atoms with E-state index in [0.717, 1.165) is 24.5 Å². The minimum Gasteiger partial charge on any atom is -0.497 e. The smallest absolute Gasteiger partial charge is 0.193 e. The Morgan fingerprint density at radius 2 is 1.89 bits per heavy atom. The van der Waals surface area contributed by atoms with Gasteiger partial charge in [-0.3, -0.25) is 9.89 Å². The molecule has 0 spiro atoms. The molecule has 1 aliphatic heterocycles. The van der Waals surface area contributed by atoms with Gasteiger partial charge in [-0.2, -0.15) is 0 Å². The third kappa shape index (κ3) is 6.10. The monoisotopic (exact) mass is 480 g/mol. The van der Waals surface area contributed by atoms with Gasteiger partial charge in [-0.1, -0.05) is 35.9 Å². The van der Waals surface area contributed by atoms with Gasteiger partial charge < -0.3 is 15.8 Å². The minimum atomic E-state index is 0. The molecule has 1 aliphatic rings. The number of ether oxygens (including phenoxy) is 1. The Labute approximate surface area is 179 Å². The lowest BCUT2D eigenvalue weighted by molar-refractivity contribution is 0.252. The van der Waals surface area contributed by atoms with Crippen molar-refractivity contribution in [1.82, 2.24) is 4.90 Å². The van der Waals surface area contributed by atoms with E-state index in [0.29, 0.717) is 12.5 Å². The van der Waals surface area contributed by atoms with Gasteiger partial charge in [-0.15, -0.1) is 24.0 Å². The fraction of sp³-hybridized carbons (Fsp3) is 0.381. The highest BCUT2D eigenvalue weighted by atomic mass is 127. The first-order valence-corrected chi connectivity index (χ1v) is 9.17. The lowest BCUT2D eigenvalue weighted by Crippen LogP contribution is -2.30. The van der Waals surface area contributed by atoms with Crippen LogP contribution in [0, 0.1) is 6.92 Å². The first-order chi connectivity index (χ1) is 12.7. The SMILES string of the molecule is COc1cccc(NC(N)=NCC(c2ccc(C)cc2)N2CCCC2)c1.I. The molecule has 146 valence electrons. The van der Waals surface area contributed by atoms with Crippen LogP contribution in [0.5, 0.6) is 5.75 Å². The second-order valence-electron chi connectivity index (χ2n) is 6.75. The van der Waals surface area contributed by atoms with Gasteiger partial charge in [-0.25, -0.2) is 0 Å². The molecule has 0 aliphatic carbocycles. The van der Waals surface area contributed by atoms with Crippen molar-refractivity contribution >= 4 is 35.6 Å². The van der Waals surface area contributed by atoms with E-state index in [1.807, 2.05) is 24.3 Å². The quantitative estimate of drug-likeness (QED) is 0.370. The van der Waals surface area contributed by atoms with Crippen LogP contribution in [0.1, 0.15) is 30.0 Å². The third-order valence-corrected chi connectivity index (χ3v) is 4.82. The van der Waals surface area contributed by atoms with Gasteiger partial charge >= 0.3 is 0 Å². The first kappa shape index (κ1) is 21.5. The van der Waals surface area contributed by atoms with Crippen LogP contribution in [-0.2, 0) is 0 Å². The summed E-state index contributed by atoms with van der Waals surface area (Å²) in [5.74, 6) is 1.21. The highest BCUT2D eigenvalue weighted by Crippen LogP contribution is 2.26. The Balaban J connectivity index is 0.00000261. The summed E-state index contributed by atoms with van der Waals surface area (Å²) in [6, 6.07) is 16.7. The lowest BCUT2D eigenvalue weighted by Gasteiger charge is -2.27. The Morgan fingerprint density at radius 3 is 2.56 bits per heavy atom. The van der Waals surface area contributed by atoms with E-state index in [-0.39, 0.29) is 30.0 Å². The molecule has 1 atom stereocenters. The van der Waals surface area contributed by atoms with E-state index in [1.54, 1.807) is 7.11 Å². The number of nitrogens with two attached hydrogens (primary N) is 1. The number of benzene rings is 2. The molecule has 0 radical (unpaired) electrons. The van der Waals surface area contributed by atoms with E-state index >= 15 is 0 Å². The molecule has 6 heteroatoms. The second-order valence-corrected chi connectivity index (χ2v) is 6.75. The molecule has 1 heterocycles. The second kappa shape index (κ2) is 10.5. The number of likely N-dealkylation sites (tertiary alicyclic amines) is 1.